The summed E-state index contributed by atoms with van der Waals surface area (Å²) in [5, 5.41) is 0. The summed E-state index contributed by atoms with van der Waals surface area (Å²) in [6, 6.07) is 5.83. The Balaban J connectivity index is 3.16. The lowest BCUT2D eigenvalue weighted by Gasteiger charge is -2.40. The van der Waals surface area contributed by atoms with Gasteiger partial charge in [0.05, 0.1) is 4.90 Å². The molecule has 1 aromatic rings. The second kappa shape index (κ2) is 8.76. The van der Waals surface area contributed by atoms with Gasteiger partial charge >= 0.3 is 5.97 Å². The Morgan fingerprint density at radius 2 is 1.64 bits per heavy atom. The van der Waals surface area contributed by atoms with Gasteiger partial charge in [0.1, 0.15) is 18.0 Å². The fourth-order valence-corrected chi connectivity index (χ4v) is 3.81. The molecule has 0 aliphatic heterocycles. The van der Waals surface area contributed by atoms with Crippen molar-refractivity contribution in [3.63, 3.8) is 0 Å². The van der Waals surface area contributed by atoms with Crippen molar-refractivity contribution in [3.05, 3.63) is 24.3 Å². The Morgan fingerprint density at radius 3 is 2.07 bits per heavy atom. The maximum absolute atomic E-state index is 12.9. The quantitative estimate of drug-likeness (QED) is 0.315. The van der Waals surface area contributed by atoms with Gasteiger partial charge in [-0.05, 0) is 52.0 Å². The molecule has 1 atom stereocenters. The van der Waals surface area contributed by atoms with Gasteiger partial charge in [0.15, 0.2) is 4.87 Å². The van der Waals surface area contributed by atoms with Crippen LogP contribution in [0.4, 0.5) is 0 Å². The minimum absolute atomic E-state index is 0.0207. The van der Waals surface area contributed by atoms with Gasteiger partial charge in [-0.15, -0.1) is 18.5 Å². The van der Waals surface area contributed by atoms with E-state index in [0.717, 1.165) is 0 Å². The summed E-state index contributed by atoms with van der Waals surface area (Å²) in [7, 11) is -4.05. The lowest BCUT2D eigenvalue weighted by Crippen LogP contribution is -2.59. The van der Waals surface area contributed by atoms with E-state index >= 15 is 0 Å². The minimum Gasteiger partial charge on any atom is -0.481 e. The smallest absolute Gasteiger partial charge is 0.338 e. The molecule has 28 heavy (non-hydrogen) atoms. The summed E-state index contributed by atoms with van der Waals surface area (Å²) in [5.41, 5.74) is -1.66. The van der Waals surface area contributed by atoms with Crippen LogP contribution in [0.5, 0.6) is 5.75 Å². The first-order valence-electron chi connectivity index (χ1n) is 8.75. The molecule has 0 heterocycles. The number of carbonyl (C=O) groups excluding carboxylic acids is 1. The molecule has 0 aromatic heterocycles. The topological polar surface area (TPSA) is 81.7 Å². The molecule has 1 rings (SSSR count). The number of sulfonamides is 1. The second-order valence-corrected chi connectivity index (χ2v) is 10.6. The second-order valence-electron chi connectivity index (χ2n) is 8.25. The van der Waals surface area contributed by atoms with Crippen LogP contribution in [0.1, 0.15) is 48.5 Å². The normalized spacial score (nSPS) is 14.4. The van der Waals surface area contributed by atoms with E-state index in [0.29, 0.717) is 5.75 Å². The molecule has 0 saturated heterocycles. The summed E-state index contributed by atoms with van der Waals surface area (Å²) in [4.78, 5) is 11.0. The molecule has 1 N–H and O–H groups in total. The minimum atomic E-state index is -4.05. The molecule has 0 saturated carbocycles. The van der Waals surface area contributed by atoms with Crippen LogP contribution in [0.25, 0.3) is 0 Å². The zero-order valence-electron chi connectivity index (χ0n) is 17.4. The van der Waals surface area contributed by atoms with Gasteiger partial charge in [0.2, 0.25) is 10.0 Å². The largest absolute Gasteiger partial charge is 0.481 e. The van der Waals surface area contributed by atoms with Crippen LogP contribution >= 0.6 is 12.6 Å². The SMILES string of the molecule is CC#CCOc1ccc(S(=O)(=O)NC(S)(C(=O)OC(C)(C)C)C(C)(C)C)cc1. The van der Waals surface area contributed by atoms with E-state index in [-0.39, 0.29) is 11.5 Å². The summed E-state index contributed by atoms with van der Waals surface area (Å²) in [6.45, 7) is 12.2. The third-order valence-electron chi connectivity index (χ3n) is 3.68. The van der Waals surface area contributed by atoms with Crippen molar-refractivity contribution in [1.29, 1.82) is 0 Å². The van der Waals surface area contributed by atoms with E-state index in [1.54, 1.807) is 48.5 Å². The van der Waals surface area contributed by atoms with Crippen molar-refractivity contribution in [1.82, 2.24) is 4.72 Å². The fourth-order valence-electron chi connectivity index (χ4n) is 2.01. The molecule has 0 bridgehead atoms. The van der Waals surface area contributed by atoms with Crippen LogP contribution in [0.3, 0.4) is 0 Å². The fraction of sp³-hybridized carbons (Fsp3) is 0.550. The maximum atomic E-state index is 12.9. The van der Waals surface area contributed by atoms with Crippen LogP contribution in [-0.2, 0) is 19.6 Å². The van der Waals surface area contributed by atoms with Crippen LogP contribution in [0, 0.1) is 17.3 Å². The molecular weight excluding hydrogens is 398 g/mol. The standard InChI is InChI=1S/C20H29NO5S2/c1-8-9-14-25-15-10-12-16(13-11-15)28(23,24)21-20(27,18(2,3)4)17(22)26-19(5,6)7/h10-13,21,27H,14H2,1-7H3. The van der Waals surface area contributed by atoms with E-state index in [1.165, 1.54) is 24.3 Å². The molecule has 0 aliphatic rings. The molecule has 8 heteroatoms. The zero-order chi connectivity index (χ0) is 21.8. The monoisotopic (exact) mass is 427 g/mol. The van der Waals surface area contributed by atoms with Gasteiger partial charge in [-0.2, -0.15) is 4.72 Å². The van der Waals surface area contributed by atoms with Crippen molar-refractivity contribution in [3.8, 4) is 17.6 Å². The third kappa shape index (κ3) is 6.43. The average Bonchev–Trinajstić information content (AvgIpc) is 2.52. The van der Waals surface area contributed by atoms with Gasteiger partial charge in [-0.3, -0.25) is 0 Å². The lowest BCUT2D eigenvalue weighted by atomic mass is 9.86. The highest BCUT2D eigenvalue weighted by Crippen LogP contribution is 2.37. The van der Waals surface area contributed by atoms with Gasteiger partial charge in [0, 0.05) is 5.41 Å². The van der Waals surface area contributed by atoms with Crippen molar-refractivity contribution in [2.24, 2.45) is 5.41 Å². The number of rotatable bonds is 6. The lowest BCUT2D eigenvalue weighted by molar-refractivity contribution is -0.161. The van der Waals surface area contributed by atoms with Crippen LogP contribution < -0.4 is 9.46 Å². The Morgan fingerprint density at radius 1 is 1.11 bits per heavy atom. The van der Waals surface area contributed by atoms with E-state index in [9.17, 15) is 13.2 Å². The maximum Gasteiger partial charge on any atom is 0.338 e. The van der Waals surface area contributed by atoms with Gasteiger partial charge < -0.3 is 9.47 Å². The van der Waals surface area contributed by atoms with Crippen LogP contribution in [0.2, 0.25) is 0 Å². The van der Waals surface area contributed by atoms with E-state index in [1.807, 2.05) is 0 Å². The molecule has 0 spiro atoms. The number of hydrogen-bond acceptors (Lipinski definition) is 6. The number of esters is 1. The number of hydrogen-bond donors (Lipinski definition) is 2. The molecule has 6 nitrogen and oxygen atoms in total. The van der Waals surface area contributed by atoms with Crippen molar-refractivity contribution in [2.45, 2.75) is 63.8 Å². The molecule has 1 aromatic carbocycles. The number of ether oxygens (including phenoxy) is 2. The highest BCUT2D eigenvalue weighted by molar-refractivity contribution is 7.91. The summed E-state index contributed by atoms with van der Waals surface area (Å²) < 4.78 is 39.0. The number of benzene rings is 1. The molecular formula is C20H29NO5S2. The van der Waals surface area contributed by atoms with Crippen LogP contribution in [-0.4, -0.2) is 31.5 Å². The number of nitrogens with one attached hydrogen (secondary N) is 1. The highest BCUT2D eigenvalue weighted by Gasteiger charge is 2.51. The average molecular weight is 428 g/mol. The molecule has 1 unspecified atom stereocenters. The third-order valence-corrected chi connectivity index (χ3v) is 6.27. The first-order valence-corrected chi connectivity index (χ1v) is 10.7. The van der Waals surface area contributed by atoms with E-state index in [4.69, 9.17) is 9.47 Å². The Hall–Kier alpha value is -1.69. The highest BCUT2D eigenvalue weighted by atomic mass is 32.2. The Bertz CT molecular complexity index is 853. The first-order chi connectivity index (χ1) is 12.6. The Labute approximate surface area is 173 Å². The van der Waals surface area contributed by atoms with Crippen molar-refractivity contribution >= 4 is 28.6 Å². The molecule has 0 amide bonds. The van der Waals surface area contributed by atoms with Crippen LogP contribution in [0.15, 0.2) is 29.2 Å². The predicted octanol–water partition coefficient (Wildman–Crippen LogP) is 3.38. The Kier molecular flexibility index (Phi) is 7.62. The molecule has 156 valence electrons. The molecule has 0 fully saturated rings. The van der Waals surface area contributed by atoms with Crippen molar-refractivity contribution < 1.29 is 22.7 Å². The zero-order valence-corrected chi connectivity index (χ0v) is 19.1. The van der Waals surface area contributed by atoms with E-state index in [2.05, 4.69) is 29.2 Å². The van der Waals surface area contributed by atoms with Crippen molar-refractivity contribution in [2.75, 3.05) is 6.61 Å². The predicted molar refractivity (Wildman–Crippen MR) is 113 cm³/mol. The number of thiol groups is 1. The van der Waals surface area contributed by atoms with E-state index < -0.39 is 31.9 Å². The summed E-state index contributed by atoms with van der Waals surface area (Å²) in [5.74, 6) is 5.18. The summed E-state index contributed by atoms with van der Waals surface area (Å²) in [6.07, 6.45) is 0. The summed E-state index contributed by atoms with van der Waals surface area (Å²) >= 11 is 4.42. The first kappa shape index (κ1) is 24.3. The van der Waals surface area contributed by atoms with Gasteiger partial charge in [0.25, 0.3) is 0 Å². The van der Waals surface area contributed by atoms with Gasteiger partial charge in [-0.1, -0.05) is 26.7 Å². The number of carbonyl (C=O) groups is 1. The van der Waals surface area contributed by atoms with Gasteiger partial charge in [-0.25, -0.2) is 13.2 Å². The molecule has 0 radical (unpaired) electrons. The molecule has 0 aliphatic carbocycles.